The van der Waals surface area contributed by atoms with Gasteiger partial charge in [-0.05, 0) is 24.1 Å². The number of phenols is 1. The van der Waals surface area contributed by atoms with Gasteiger partial charge in [-0.15, -0.1) is 0 Å². The average Bonchev–Trinajstić information content (AvgIpc) is 2.31. The van der Waals surface area contributed by atoms with Crippen molar-refractivity contribution in [2.45, 2.75) is 25.6 Å². The normalized spacial score (nSPS) is 14.2. The number of thioether (sulfide) groups is 1. The Morgan fingerprint density at radius 1 is 1.44 bits per heavy atom. The summed E-state index contributed by atoms with van der Waals surface area (Å²) < 4.78 is 0. The highest BCUT2D eigenvalue weighted by molar-refractivity contribution is 8.13. The second-order valence-corrected chi connectivity index (χ2v) is 5.23. The van der Waals surface area contributed by atoms with Crippen molar-refractivity contribution in [1.82, 2.24) is 0 Å². The van der Waals surface area contributed by atoms with Gasteiger partial charge in [0.15, 0.2) is 5.12 Å². The third kappa shape index (κ3) is 4.21. The zero-order chi connectivity index (χ0) is 13.7. The Kier molecular flexibility index (Phi) is 5.46. The van der Waals surface area contributed by atoms with Gasteiger partial charge in [0.05, 0.1) is 11.8 Å². The third-order valence-electron chi connectivity index (χ3n) is 2.48. The van der Waals surface area contributed by atoms with Crippen LogP contribution in [0.4, 0.5) is 5.69 Å². The second kappa shape index (κ2) is 6.63. The molecule has 2 unspecified atom stereocenters. The van der Waals surface area contributed by atoms with Crippen LogP contribution < -0.4 is 5.73 Å². The smallest absolute Gasteiger partial charge is 0.185 e. The lowest BCUT2D eigenvalue weighted by molar-refractivity contribution is -0.109. The van der Waals surface area contributed by atoms with Crippen LogP contribution in [0.1, 0.15) is 25.0 Å². The molecule has 1 rings (SSSR count). The molecule has 1 aromatic carbocycles. The summed E-state index contributed by atoms with van der Waals surface area (Å²) in [7, 11) is 0. The average molecular weight is 271 g/mol. The highest BCUT2D eigenvalue weighted by Gasteiger charge is 2.19. The maximum Gasteiger partial charge on any atom is 0.185 e. The molecule has 0 fully saturated rings. The van der Waals surface area contributed by atoms with Gasteiger partial charge in [-0.25, -0.2) is 0 Å². The Morgan fingerprint density at radius 3 is 2.67 bits per heavy atom. The van der Waals surface area contributed by atoms with E-state index >= 15 is 0 Å². The number of aromatic hydroxyl groups is 1. The summed E-state index contributed by atoms with van der Waals surface area (Å²) in [5.74, 6) is 0.311. The molecule has 0 saturated heterocycles. The van der Waals surface area contributed by atoms with Gasteiger partial charge >= 0.3 is 0 Å². The van der Waals surface area contributed by atoms with Crippen LogP contribution in [0.2, 0.25) is 0 Å². The predicted octanol–water partition coefficient (Wildman–Crippen LogP) is 1.04. The number of anilines is 1. The van der Waals surface area contributed by atoms with E-state index in [4.69, 9.17) is 5.73 Å². The van der Waals surface area contributed by atoms with Crippen LogP contribution in [-0.4, -0.2) is 32.3 Å². The van der Waals surface area contributed by atoms with E-state index in [1.807, 2.05) is 0 Å². The molecule has 0 aliphatic rings. The van der Waals surface area contributed by atoms with E-state index in [0.29, 0.717) is 11.3 Å². The first-order valence-electron chi connectivity index (χ1n) is 5.49. The fourth-order valence-corrected chi connectivity index (χ4v) is 2.09. The summed E-state index contributed by atoms with van der Waals surface area (Å²) in [6.07, 6.45) is -1.81. The van der Waals surface area contributed by atoms with Crippen molar-refractivity contribution in [2.75, 3.05) is 11.5 Å². The Labute approximate surface area is 110 Å². The number of rotatable bonds is 5. The molecule has 5 nitrogen and oxygen atoms in total. The van der Waals surface area contributed by atoms with Crippen LogP contribution in [0.3, 0.4) is 0 Å². The first kappa shape index (κ1) is 14.8. The highest BCUT2D eigenvalue weighted by Crippen LogP contribution is 2.27. The van der Waals surface area contributed by atoms with Gasteiger partial charge in [0.25, 0.3) is 0 Å². The van der Waals surface area contributed by atoms with Gasteiger partial charge in [-0.2, -0.15) is 0 Å². The number of hydrogen-bond donors (Lipinski definition) is 4. The molecule has 2 atom stereocenters. The standard InChI is InChI=1S/C12H17NO4S/c1-7(14)18-5-4-10(15)12(17)8-2-3-9(13)11(16)6-8/h2-3,6,10,12,15-17H,4-5,13H2,1H3. The van der Waals surface area contributed by atoms with Crippen molar-refractivity contribution in [3.05, 3.63) is 23.8 Å². The molecule has 1 aromatic rings. The van der Waals surface area contributed by atoms with E-state index in [-0.39, 0.29) is 23.0 Å². The Hall–Kier alpha value is -1.24. The van der Waals surface area contributed by atoms with Gasteiger partial charge in [0.2, 0.25) is 0 Å². The molecule has 0 saturated carbocycles. The number of benzene rings is 1. The van der Waals surface area contributed by atoms with Crippen molar-refractivity contribution in [1.29, 1.82) is 0 Å². The summed E-state index contributed by atoms with van der Waals surface area (Å²) in [6.45, 7) is 1.45. The van der Waals surface area contributed by atoms with Gasteiger partial charge < -0.3 is 21.1 Å². The topological polar surface area (TPSA) is 104 Å². The van der Waals surface area contributed by atoms with Crippen molar-refractivity contribution in [3.8, 4) is 5.75 Å². The molecule has 0 radical (unpaired) electrons. The zero-order valence-corrected chi connectivity index (χ0v) is 10.9. The first-order chi connectivity index (χ1) is 8.41. The van der Waals surface area contributed by atoms with E-state index < -0.39 is 12.2 Å². The quantitative estimate of drug-likeness (QED) is 0.471. The molecule has 0 heterocycles. The number of aliphatic hydroxyl groups is 2. The van der Waals surface area contributed by atoms with E-state index in [9.17, 15) is 20.1 Å². The fraction of sp³-hybridized carbons (Fsp3) is 0.417. The highest BCUT2D eigenvalue weighted by atomic mass is 32.2. The summed E-state index contributed by atoms with van der Waals surface area (Å²) in [5.41, 5.74) is 6.05. The molecule has 18 heavy (non-hydrogen) atoms. The first-order valence-corrected chi connectivity index (χ1v) is 6.48. The minimum Gasteiger partial charge on any atom is -0.506 e. The molecular formula is C12H17NO4S. The van der Waals surface area contributed by atoms with Crippen LogP contribution >= 0.6 is 11.8 Å². The molecule has 6 heteroatoms. The van der Waals surface area contributed by atoms with Gasteiger partial charge in [0.1, 0.15) is 11.9 Å². The lowest BCUT2D eigenvalue weighted by atomic mass is 10.0. The molecule has 0 spiro atoms. The Morgan fingerprint density at radius 2 is 2.11 bits per heavy atom. The summed E-state index contributed by atoms with van der Waals surface area (Å²) >= 11 is 1.10. The number of nitrogen functional groups attached to an aromatic ring is 1. The van der Waals surface area contributed by atoms with E-state index in [2.05, 4.69) is 0 Å². The summed E-state index contributed by atoms with van der Waals surface area (Å²) in [4.78, 5) is 10.7. The van der Waals surface area contributed by atoms with Crippen molar-refractivity contribution in [3.63, 3.8) is 0 Å². The van der Waals surface area contributed by atoms with Crippen LogP contribution in [0.15, 0.2) is 18.2 Å². The van der Waals surface area contributed by atoms with E-state index in [0.717, 1.165) is 11.8 Å². The van der Waals surface area contributed by atoms with Crippen LogP contribution in [0.5, 0.6) is 5.75 Å². The Bertz CT molecular complexity index is 425. The Balaban J connectivity index is 2.59. The molecule has 100 valence electrons. The molecule has 5 N–H and O–H groups in total. The maximum atomic E-state index is 10.7. The van der Waals surface area contributed by atoms with E-state index in [1.54, 1.807) is 6.07 Å². The summed E-state index contributed by atoms with van der Waals surface area (Å²) in [6, 6.07) is 4.33. The molecule has 0 aromatic heterocycles. The molecule has 0 aliphatic heterocycles. The SMILES string of the molecule is CC(=O)SCCC(O)C(O)c1ccc(N)c(O)c1. The third-order valence-corrected chi connectivity index (χ3v) is 3.33. The number of nitrogens with two attached hydrogens (primary N) is 1. The lowest BCUT2D eigenvalue weighted by Gasteiger charge is -2.18. The van der Waals surface area contributed by atoms with Crippen molar-refractivity contribution < 1.29 is 20.1 Å². The van der Waals surface area contributed by atoms with Gasteiger partial charge in [0, 0.05) is 12.7 Å². The zero-order valence-electron chi connectivity index (χ0n) is 10.0. The van der Waals surface area contributed by atoms with Crippen LogP contribution in [0, 0.1) is 0 Å². The van der Waals surface area contributed by atoms with Crippen molar-refractivity contribution in [2.24, 2.45) is 0 Å². The van der Waals surface area contributed by atoms with Gasteiger partial charge in [-0.3, -0.25) is 4.79 Å². The summed E-state index contributed by atoms with van der Waals surface area (Å²) in [5, 5.41) is 29.0. The predicted molar refractivity (Wildman–Crippen MR) is 71.2 cm³/mol. The lowest BCUT2D eigenvalue weighted by Crippen LogP contribution is -2.19. The molecular weight excluding hydrogens is 254 g/mol. The maximum absolute atomic E-state index is 10.7. The second-order valence-electron chi connectivity index (χ2n) is 3.96. The molecule has 0 bridgehead atoms. The molecule has 0 amide bonds. The number of phenolic OH excluding ortho intramolecular Hbond substituents is 1. The number of carbonyl (C=O) groups is 1. The molecule has 0 aliphatic carbocycles. The number of aliphatic hydroxyl groups excluding tert-OH is 2. The van der Waals surface area contributed by atoms with Gasteiger partial charge in [-0.1, -0.05) is 17.8 Å². The fourth-order valence-electron chi connectivity index (χ4n) is 1.45. The van der Waals surface area contributed by atoms with Crippen LogP contribution in [-0.2, 0) is 4.79 Å². The van der Waals surface area contributed by atoms with Crippen LogP contribution in [0.25, 0.3) is 0 Å². The number of carbonyl (C=O) groups excluding carboxylic acids is 1. The van der Waals surface area contributed by atoms with Crippen molar-refractivity contribution >= 4 is 22.6 Å². The number of hydrogen-bond acceptors (Lipinski definition) is 6. The monoisotopic (exact) mass is 271 g/mol. The minimum atomic E-state index is -1.11. The van der Waals surface area contributed by atoms with E-state index in [1.165, 1.54) is 19.1 Å². The largest absolute Gasteiger partial charge is 0.506 e. The minimum absolute atomic E-state index is 0.0261.